The Hall–Kier alpha value is -1.03. The van der Waals surface area contributed by atoms with Gasteiger partial charge in [0.1, 0.15) is 0 Å². The van der Waals surface area contributed by atoms with Crippen LogP contribution >= 0.6 is 0 Å². The van der Waals surface area contributed by atoms with Crippen LogP contribution in [0, 0.1) is 13.8 Å². The van der Waals surface area contributed by atoms with Crippen LogP contribution in [-0.2, 0) is 0 Å². The van der Waals surface area contributed by atoms with Crippen LogP contribution in [0.4, 0.5) is 13.2 Å². The topological polar surface area (TPSA) is 12.0 Å². The first kappa shape index (κ1) is 16.0. The van der Waals surface area contributed by atoms with E-state index in [2.05, 4.69) is 5.32 Å². The van der Waals surface area contributed by atoms with E-state index in [0.29, 0.717) is 6.42 Å². The van der Waals surface area contributed by atoms with Crippen LogP contribution in [0.15, 0.2) is 18.2 Å². The summed E-state index contributed by atoms with van der Waals surface area (Å²) in [6, 6.07) is 6.00. The minimum atomic E-state index is -4.06. The predicted molar refractivity (Wildman–Crippen MR) is 72.2 cm³/mol. The van der Waals surface area contributed by atoms with E-state index in [9.17, 15) is 13.2 Å². The molecule has 1 nitrogen and oxygen atoms in total. The number of hydrogen-bond donors (Lipinski definition) is 1. The normalized spacial score (nSPS) is 13.6. The zero-order chi connectivity index (χ0) is 14.5. The van der Waals surface area contributed by atoms with Gasteiger partial charge < -0.3 is 5.32 Å². The molecule has 4 heteroatoms. The number of hydrogen-bond acceptors (Lipinski definition) is 1. The molecular weight excluding hydrogens is 251 g/mol. The monoisotopic (exact) mass is 273 g/mol. The van der Waals surface area contributed by atoms with Crippen molar-refractivity contribution in [2.45, 2.75) is 52.3 Å². The molecule has 0 fully saturated rings. The van der Waals surface area contributed by atoms with E-state index in [4.69, 9.17) is 0 Å². The Morgan fingerprint density at radius 2 is 1.89 bits per heavy atom. The van der Waals surface area contributed by atoms with Gasteiger partial charge in [-0.2, -0.15) is 13.2 Å². The Bertz CT molecular complexity index is 399. The molecule has 0 saturated heterocycles. The molecule has 0 aliphatic rings. The van der Waals surface area contributed by atoms with E-state index in [1.807, 2.05) is 39.0 Å². The van der Waals surface area contributed by atoms with E-state index in [-0.39, 0.29) is 12.5 Å². The number of nitrogens with one attached hydrogen (secondary N) is 1. The standard InChI is InChI=1S/C15H22F3N/c1-4-19-14(9-6-10-15(16,17)18)13-8-5-7-11(2)12(13)3/h5,7-8,14,19H,4,6,9-10H2,1-3H3. The highest BCUT2D eigenvalue weighted by Gasteiger charge is 2.27. The van der Waals surface area contributed by atoms with E-state index in [1.54, 1.807) is 0 Å². The summed E-state index contributed by atoms with van der Waals surface area (Å²) in [5.74, 6) is 0. The lowest BCUT2D eigenvalue weighted by Crippen LogP contribution is -2.22. The first-order valence-corrected chi connectivity index (χ1v) is 6.71. The molecule has 1 rings (SSSR count). The summed E-state index contributed by atoms with van der Waals surface area (Å²) >= 11 is 0. The van der Waals surface area contributed by atoms with Crippen LogP contribution in [0.1, 0.15) is 48.9 Å². The molecule has 19 heavy (non-hydrogen) atoms. The van der Waals surface area contributed by atoms with Crippen LogP contribution < -0.4 is 5.32 Å². The van der Waals surface area contributed by atoms with Gasteiger partial charge >= 0.3 is 6.18 Å². The van der Waals surface area contributed by atoms with Crippen molar-refractivity contribution in [2.24, 2.45) is 0 Å². The van der Waals surface area contributed by atoms with Gasteiger partial charge in [0.25, 0.3) is 0 Å². The lowest BCUT2D eigenvalue weighted by Gasteiger charge is -2.21. The molecule has 0 spiro atoms. The van der Waals surface area contributed by atoms with Gasteiger partial charge in [-0.25, -0.2) is 0 Å². The third kappa shape index (κ3) is 5.23. The summed E-state index contributed by atoms with van der Waals surface area (Å²) in [4.78, 5) is 0. The van der Waals surface area contributed by atoms with Crippen molar-refractivity contribution in [1.82, 2.24) is 5.32 Å². The number of benzene rings is 1. The summed E-state index contributed by atoms with van der Waals surface area (Å²) < 4.78 is 36.7. The van der Waals surface area contributed by atoms with Crippen molar-refractivity contribution in [3.8, 4) is 0 Å². The minimum Gasteiger partial charge on any atom is -0.310 e. The molecule has 1 atom stereocenters. The fourth-order valence-corrected chi connectivity index (χ4v) is 2.27. The molecule has 1 N–H and O–H groups in total. The highest BCUT2D eigenvalue weighted by Crippen LogP contribution is 2.28. The zero-order valence-electron chi connectivity index (χ0n) is 11.8. The van der Waals surface area contributed by atoms with Gasteiger partial charge in [0.05, 0.1) is 0 Å². The fourth-order valence-electron chi connectivity index (χ4n) is 2.27. The summed E-state index contributed by atoms with van der Waals surface area (Å²) in [6.45, 7) is 6.78. The number of rotatable bonds is 6. The van der Waals surface area contributed by atoms with Crippen LogP contribution in [0.2, 0.25) is 0 Å². The highest BCUT2D eigenvalue weighted by atomic mass is 19.4. The van der Waals surface area contributed by atoms with E-state index in [0.717, 1.165) is 12.1 Å². The fraction of sp³-hybridized carbons (Fsp3) is 0.600. The molecule has 0 radical (unpaired) electrons. The third-order valence-electron chi connectivity index (χ3n) is 3.43. The molecule has 108 valence electrons. The average molecular weight is 273 g/mol. The van der Waals surface area contributed by atoms with Crippen LogP contribution in [0.3, 0.4) is 0 Å². The quantitative estimate of drug-likeness (QED) is 0.793. The second-order valence-electron chi connectivity index (χ2n) is 4.91. The van der Waals surface area contributed by atoms with Crippen LogP contribution in [-0.4, -0.2) is 12.7 Å². The maximum atomic E-state index is 12.2. The molecule has 0 saturated carbocycles. The van der Waals surface area contributed by atoms with Crippen molar-refractivity contribution >= 4 is 0 Å². The van der Waals surface area contributed by atoms with Crippen molar-refractivity contribution in [1.29, 1.82) is 0 Å². The molecule has 0 aliphatic carbocycles. The van der Waals surface area contributed by atoms with Crippen molar-refractivity contribution in [3.63, 3.8) is 0 Å². The van der Waals surface area contributed by atoms with Crippen molar-refractivity contribution in [2.75, 3.05) is 6.54 Å². The molecule has 0 heterocycles. The summed E-state index contributed by atoms with van der Waals surface area (Å²) in [5.41, 5.74) is 3.46. The Morgan fingerprint density at radius 1 is 1.21 bits per heavy atom. The molecule has 0 aliphatic heterocycles. The van der Waals surface area contributed by atoms with Gasteiger partial charge in [-0.3, -0.25) is 0 Å². The molecule has 1 unspecified atom stereocenters. The third-order valence-corrected chi connectivity index (χ3v) is 3.43. The first-order chi connectivity index (χ1) is 8.85. The predicted octanol–water partition coefficient (Wildman–Crippen LogP) is 4.69. The average Bonchev–Trinajstić information content (AvgIpc) is 2.30. The maximum absolute atomic E-state index is 12.2. The Balaban J connectivity index is 2.74. The summed E-state index contributed by atoms with van der Waals surface area (Å²) in [5, 5.41) is 3.29. The molecule has 0 bridgehead atoms. The Morgan fingerprint density at radius 3 is 2.47 bits per heavy atom. The smallest absolute Gasteiger partial charge is 0.310 e. The lowest BCUT2D eigenvalue weighted by molar-refractivity contribution is -0.135. The van der Waals surface area contributed by atoms with E-state index in [1.165, 1.54) is 11.1 Å². The van der Waals surface area contributed by atoms with Gasteiger partial charge in [0.15, 0.2) is 0 Å². The van der Waals surface area contributed by atoms with Gasteiger partial charge in [0, 0.05) is 12.5 Å². The van der Waals surface area contributed by atoms with Crippen molar-refractivity contribution in [3.05, 3.63) is 34.9 Å². The second-order valence-corrected chi connectivity index (χ2v) is 4.91. The maximum Gasteiger partial charge on any atom is 0.389 e. The molecule has 0 amide bonds. The van der Waals surface area contributed by atoms with E-state index < -0.39 is 12.6 Å². The first-order valence-electron chi connectivity index (χ1n) is 6.71. The van der Waals surface area contributed by atoms with E-state index >= 15 is 0 Å². The van der Waals surface area contributed by atoms with Gasteiger partial charge in [-0.15, -0.1) is 0 Å². The zero-order valence-corrected chi connectivity index (χ0v) is 11.8. The lowest BCUT2D eigenvalue weighted by atomic mass is 9.94. The minimum absolute atomic E-state index is 0.00671. The number of aryl methyl sites for hydroxylation is 1. The van der Waals surface area contributed by atoms with Gasteiger partial charge in [-0.1, -0.05) is 25.1 Å². The molecule has 1 aromatic carbocycles. The van der Waals surface area contributed by atoms with Crippen LogP contribution in [0.25, 0.3) is 0 Å². The molecule has 0 aromatic heterocycles. The van der Waals surface area contributed by atoms with Crippen LogP contribution in [0.5, 0.6) is 0 Å². The Kier molecular flexibility index (Phi) is 5.85. The summed E-state index contributed by atoms with van der Waals surface area (Å²) in [7, 11) is 0. The highest BCUT2D eigenvalue weighted by molar-refractivity contribution is 5.35. The largest absolute Gasteiger partial charge is 0.389 e. The summed E-state index contributed by atoms with van der Waals surface area (Å²) in [6.07, 6.45) is -4.09. The SMILES string of the molecule is CCNC(CCCC(F)(F)F)c1cccc(C)c1C. The Labute approximate surface area is 113 Å². The van der Waals surface area contributed by atoms with Gasteiger partial charge in [-0.05, 0) is 49.9 Å². The van der Waals surface area contributed by atoms with Gasteiger partial charge in [0.2, 0.25) is 0 Å². The molecular formula is C15H22F3N. The van der Waals surface area contributed by atoms with Crippen molar-refractivity contribution < 1.29 is 13.2 Å². The molecule has 1 aromatic rings. The number of alkyl halides is 3. The second kappa shape index (κ2) is 6.94. The number of halogens is 3.